The van der Waals surface area contributed by atoms with Crippen LogP contribution in [0.3, 0.4) is 0 Å². The van der Waals surface area contributed by atoms with Crippen molar-refractivity contribution in [1.82, 2.24) is 10.2 Å². The Morgan fingerprint density at radius 1 is 1.07 bits per heavy atom. The van der Waals surface area contributed by atoms with E-state index in [1.165, 1.54) is 20.3 Å². The Bertz CT molecular complexity index is 1140. The first-order valence-corrected chi connectivity index (χ1v) is 10.6. The zero-order chi connectivity index (χ0) is 21.0. The zero-order valence-corrected chi connectivity index (χ0v) is 17.4. The molecule has 0 saturated heterocycles. The Hall–Kier alpha value is -3.18. The van der Waals surface area contributed by atoms with Gasteiger partial charge in [-0.15, -0.1) is 10.2 Å². The molecule has 0 radical (unpaired) electrons. The first-order chi connectivity index (χ1) is 13.8. The number of amides is 1. The Morgan fingerprint density at radius 3 is 2.52 bits per heavy atom. The number of aromatic nitrogens is 2. The van der Waals surface area contributed by atoms with Gasteiger partial charge in [0.1, 0.15) is 11.5 Å². The molecule has 3 aromatic rings. The molecule has 1 aromatic heterocycles. The van der Waals surface area contributed by atoms with Crippen molar-refractivity contribution in [2.45, 2.75) is 11.3 Å². The Labute approximate surface area is 171 Å². The molecule has 0 unspecified atom stereocenters. The van der Waals surface area contributed by atoms with Gasteiger partial charge in [0.05, 0.1) is 19.9 Å². The lowest BCUT2D eigenvalue weighted by molar-refractivity contribution is 0.102. The average molecular weight is 434 g/mol. The summed E-state index contributed by atoms with van der Waals surface area (Å²) in [5.41, 5.74) is 1.47. The van der Waals surface area contributed by atoms with Crippen LogP contribution in [0.15, 0.2) is 46.8 Å². The molecule has 9 nitrogen and oxygen atoms in total. The van der Waals surface area contributed by atoms with Crippen molar-refractivity contribution >= 4 is 38.1 Å². The highest BCUT2D eigenvalue weighted by Gasteiger charge is 2.23. The van der Waals surface area contributed by atoms with E-state index in [2.05, 4.69) is 20.2 Å². The van der Waals surface area contributed by atoms with Gasteiger partial charge in [-0.3, -0.25) is 14.8 Å². The molecule has 2 aromatic carbocycles. The standard InChI is InChI=1S/C18H18N4O5S2/c1-11-6-4-5-7-13(11)16(23)19-17-20-21-18(28-17)29(24,25)22-14-9-8-12(26-2)10-15(14)27-3/h4-10,22H,1-3H3,(H,19,20,23). The van der Waals surface area contributed by atoms with E-state index in [9.17, 15) is 13.2 Å². The summed E-state index contributed by atoms with van der Waals surface area (Å²) in [5, 5.41) is 10.1. The maximum absolute atomic E-state index is 12.6. The predicted molar refractivity (Wildman–Crippen MR) is 109 cm³/mol. The number of anilines is 2. The third kappa shape index (κ3) is 4.63. The molecular formula is C18H18N4O5S2. The number of hydrogen-bond acceptors (Lipinski definition) is 8. The summed E-state index contributed by atoms with van der Waals surface area (Å²) in [6.07, 6.45) is 0. The fraction of sp³-hybridized carbons (Fsp3) is 0.167. The number of aryl methyl sites for hydroxylation is 1. The topological polar surface area (TPSA) is 120 Å². The molecule has 1 amide bonds. The van der Waals surface area contributed by atoms with Gasteiger partial charge >= 0.3 is 0 Å². The largest absolute Gasteiger partial charge is 0.497 e. The van der Waals surface area contributed by atoms with Crippen molar-refractivity contribution in [3.05, 3.63) is 53.6 Å². The third-order valence-corrected chi connectivity index (χ3v) is 6.47. The van der Waals surface area contributed by atoms with E-state index in [1.807, 2.05) is 6.07 Å². The van der Waals surface area contributed by atoms with Gasteiger partial charge < -0.3 is 9.47 Å². The van der Waals surface area contributed by atoms with Crippen molar-refractivity contribution in [2.24, 2.45) is 0 Å². The van der Waals surface area contributed by atoms with E-state index in [1.54, 1.807) is 37.3 Å². The molecular weight excluding hydrogens is 416 g/mol. The molecule has 0 bridgehead atoms. The number of hydrogen-bond donors (Lipinski definition) is 2. The lowest BCUT2D eigenvalue weighted by atomic mass is 10.1. The SMILES string of the molecule is COc1ccc(NS(=O)(=O)c2nnc(NC(=O)c3ccccc3C)s2)c(OC)c1. The number of nitrogens with one attached hydrogen (secondary N) is 2. The molecule has 3 rings (SSSR count). The quantitative estimate of drug-likeness (QED) is 0.549. The minimum Gasteiger partial charge on any atom is -0.497 e. The van der Waals surface area contributed by atoms with Crippen molar-refractivity contribution in [2.75, 3.05) is 24.3 Å². The first kappa shape index (κ1) is 20.6. The van der Waals surface area contributed by atoms with E-state index in [0.717, 1.165) is 16.9 Å². The second-order valence-corrected chi connectivity index (χ2v) is 8.65. The smallest absolute Gasteiger partial charge is 0.291 e. The van der Waals surface area contributed by atoms with Gasteiger partial charge in [-0.1, -0.05) is 29.5 Å². The van der Waals surface area contributed by atoms with Gasteiger partial charge in [0.15, 0.2) is 0 Å². The van der Waals surface area contributed by atoms with Crippen LogP contribution in [-0.2, 0) is 10.0 Å². The van der Waals surface area contributed by atoms with Crippen LogP contribution >= 0.6 is 11.3 Å². The molecule has 0 fully saturated rings. The lowest BCUT2D eigenvalue weighted by Crippen LogP contribution is -2.13. The van der Waals surface area contributed by atoms with Gasteiger partial charge in [-0.05, 0) is 30.7 Å². The molecule has 152 valence electrons. The van der Waals surface area contributed by atoms with Crippen LogP contribution in [0.5, 0.6) is 11.5 Å². The minimum atomic E-state index is -4.03. The first-order valence-electron chi connectivity index (χ1n) is 8.29. The highest BCUT2D eigenvalue weighted by molar-refractivity contribution is 7.94. The van der Waals surface area contributed by atoms with Gasteiger partial charge in [0.2, 0.25) is 5.13 Å². The number of methoxy groups -OCH3 is 2. The second-order valence-electron chi connectivity index (χ2n) is 5.81. The molecule has 0 atom stereocenters. The highest BCUT2D eigenvalue weighted by Crippen LogP contribution is 2.31. The van der Waals surface area contributed by atoms with Crippen LogP contribution in [0.1, 0.15) is 15.9 Å². The molecule has 0 spiro atoms. The molecule has 1 heterocycles. The van der Waals surface area contributed by atoms with E-state index >= 15 is 0 Å². The van der Waals surface area contributed by atoms with Crippen molar-refractivity contribution in [3.63, 3.8) is 0 Å². The monoisotopic (exact) mass is 434 g/mol. The van der Waals surface area contributed by atoms with Gasteiger partial charge in [0.25, 0.3) is 20.3 Å². The number of ether oxygens (including phenoxy) is 2. The number of carbonyl (C=O) groups is 1. The molecule has 11 heteroatoms. The van der Waals surface area contributed by atoms with Crippen molar-refractivity contribution < 1.29 is 22.7 Å². The maximum Gasteiger partial charge on any atom is 0.291 e. The van der Waals surface area contributed by atoms with Crippen LogP contribution in [0.2, 0.25) is 0 Å². The molecule has 0 aliphatic heterocycles. The summed E-state index contributed by atoms with van der Waals surface area (Å²) in [6.45, 7) is 1.80. The summed E-state index contributed by atoms with van der Waals surface area (Å²) in [6, 6.07) is 11.7. The molecule has 0 aliphatic rings. The Morgan fingerprint density at radius 2 is 1.83 bits per heavy atom. The number of benzene rings is 2. The number of carbonyl (C=O) groups excluding carboxylic acids is 1. The maximum atomic E-state index is 12.6. The van der Waals surface area contributed by atoms with Crippen LogP contribution in [0, 0.1) is 6.92 Å². The van der Waals surface area contributed by atoms with Gasteiger partial charge in [0, 0.05) is 11.6 Å². The van der Waals surface area contributed by atoms with Crippen molar-refractivity contribution in [3.8, 4) is 11.5 Å². The predicted octanol–water partition coefficient (Wildman–Crippen LogP) is 2.92. The molecule has 29 heavy (non-hydrogen) atoms. The Kier molecular flexibility index (Phi) is 5.99. The summed E-state index contributed by atoms with van der Waals surface area (Å²) < 4.78 is 37.7. The van der Waals surface area contributed by atoms with Crippen LogP contribution in [0.4, 0.5) is 10.8 Å². The Balaban J connectivity index is 1.79. The third-order valence-electron chi connectivity index (χ3n) is 3.90. The number of sulfonamides is 1. The van der Waals surface area contributed by atoms with E-state index < -0.39 is 15.9 Å². The summed E-state index contributed by atoms with van der Waals surface area (Å²) >= 11 is 0.739. The van der Waals surface area contributed by atoms with E-state index in [4.69, 9.17) is 9.47 Å². The highest BCUT2D eigenvalue weighted by atomic mass is 32.2. The molecule has 2 N–H and O–H groups in total. The normalized spacial score (nSPS) is 11.0. The second kappa shape index (κ2) is 8.45. The molecule has 0 aliphatic carbocycles. The van der Waals surface area contributed by atoms with E-state index in [0.29, 0.717) is 11.3 Å². The summed E-state index contributed by atoms with van der Waals surface area (Å²) in [7, 11) is -1.12. The van der Waals surface area contributed by atoms with E-state index in [-0.39, 0.29) is 20.9 Å². The fourth-order valence-corrected chi connectivity index (χ4v) is 4.40. The van der Waals surface area contributed by atoms with Crippen LogP contribution < -0.4 is 19.5 Å². The fourth-order valence-electron chi connectivity index (χ4n) is 2.43. The van der Waals surface area contributed by atoms with Crippen LogP contribution in [-0.4, -0.2) is 38.7 Å². The zero-order valence-electron chi connectivity index (χ0n) is 15.8. The van der Waals surface area contributed by atoms with Gasteiger partial charge in [-0.25, -0.2) is 0 Å². The summed E-state index contributed by atoms with van der Waals surface area (Å²) in [5.74, 6) is 0.403. The molecule has 0 saturated carbocycles. The number of rotatable bonds is 7. The van der Waals surface area contributed by atoms with Crippen LogP contribution in [0.25, 0.3) is 0 Å². The lowest BCUT2D eigenvalue weighted by Gasteiger charge is -2.11. The average Bonchev–Trinajstić information content (AvgIpc) is 3.18. The minimum absolute atomic E-state index is 0.0697. The van der Waals surface area contributed by atoms with Gasteiger partial charge in [-0.2, -0.15) is 8.42 Å². The summed E-state index contributed by atoms with van der Waals surface area (Å²) in [4.78, 5) is 12.4. The number of nitrogens with zero attached hydrogens (tertiary/aromatic N) is 2. The van der Waals surface area contributed by atoms with Crippen molar-refractivity contribution in [1.29, 1.82) is 0 Å².